The number of anilines is 1. The van der Waals surface area contributed by atoms with Gasteiger partial charge in [-0.2, -0.15) is 0 Å². The molecule has 24 heavy (non-hydrogen) atoms. The molecule has 5 nitrogen and oxygen atoms in total. The van der Waals surface area contributed by atoms with E-state index in [4.69, 9.17) is 0 Å². The van der Waals surface area contributed by atoms with Gasteiger partial charge in [0.1, 0.15) is 5.82 Å². The lowest BCUT2D eigenvalue weighted by molar-refractivity contribution is 0.0746. The third-order valence-electron chi connectivity index (χ3n) is 4.44. The van der Waals surface area contributed by atoms with E-state index in [-0.39, 0.29) is 11.3 Å². The first-order valence-corrected chi connectivity index (χ1v) is 8.36. The average molecular weight is 324 g/mol. The third kappa shape index (κ3) is 3.55. The molecule has 126 valence electrons. The summed E-state index contributed by atoms with van der Waals surface area (Å²) in [5.74, 6) is 0.980. The van der Waals surface area contributed by atoms with Crippen LogP contribution >= 0.6 is 0 Å². The van der Waals surface area contributed by atoms with Crippen LogP contribution in [0, 0.1) is 0 Å². The zero-order valence-electron chi connectivity index (χ0n) is 14.6. The van der Waals surface area contributed by atoms with Gasteiger partial charge < -0.3 is 9.80 Å². The van der Waals surface area contributed by atoms with Crippen LogP contribution in [0.2, 0.25) is 0 Å². The van der Waals surface area contributed by atoms with E-state index in [2.05, 4.69) is 47.8 Å². The Morgan fingerprint density at radius 1 is 1.00 bits per heavy atom. The Bertz CT molecular complexity index is 684. The van der Waals surface area contributed by atoms with Crippen LogP contribution in [0.3, 0.4) is 0 Å². The second-order valence-corrected chi connectivity index (χ2v) is 7.17. The molecule has 2 aromatic rings. The number of carbonyl (C=O) groups excluding carboxylic acids is 1. The van der Waals surface area contributed by atoms with E-state index in [9.17, 15) is 4.79 Å². The van der Waals surface area contributed by atoms with Gasteiger partial charge in [0.15, 0.2) is 0 Å². The number of aromatic nitrogens is 2. The summed E-state index contributed by atoms with van der Waals surface area (Å²) in [6, 6.07) is 8.00. The lowest BCUT2D eigenvalue weighted by atomic mass is 9.86. The fourth-order valence-corrected chi connectivity index (χ4v) is 2.89. The van der Waals surface area contributed by atoms with Crippen molar-refractivity contribution >= 4 is 11.7 Å². The molecule has 3 rings (SSSR count). The number of nitrogens with zero attached hydrogens (tertiary/aromatic N) is 4. The summed E-state index contributed by atoms with van der Waals surface area (Å²) >= 11 is 0. The van der Waals surface area contributed by atoms with E-state index in [1.807, 2.05) is 17.0 Å². The Kier molecular flexibility index (Phi) is 4.51. The number of hydrogen-bond donors (Lipinski definition) is 0. The van der Waals surface area contributed by atoms with Gasteiger partial charge in [0, 0.05) is 44.1 Å². The summed E-state index contributed by atoms with van der Waals surface area (Å²) < 4.78 is 0. The molecule has 1 aliphatic heterocycles. The second kappa shape index (κ2) is 6.59. The summed E-state index contributed by atoms with van der Waals surface area (Å²) in [5.41, 5.74) is 2.10. The minimum Gasteiger partial charge on any atom is -0.352 e. The van der Waals surface area contributed by atoms with Crippen LogP contribution in [0.4, 0.5) is 5.82 Å². The minimum absolute atomic E-state index is 0.101. The van der Waals surface area contributed by atoms with Gasteiger partial charge in [-0.25, -0.2) is 4.98 Å². The van der Waals surface area contributed by atoms with Crippen molar-refractivity contribution < 1.29 is 4.79 Å². The molecule has 1 fully saturated rings. The average Bonchev–Trinajstić information content (AvgIpc) is 2.61. The third-order valence-corrected chi connectivity index (χ3v) is 4.44. The van der Waals surface area contributed by atoms with Crippen LogP contribution in [0.15, 0.2) is 42.9 Å². The zero-order valence-corrected chi connectivity index (χ0v) is 14.6. The smallest absolute Gasteiger partial charge is 0.253 e. The Morgan fingerprint density at radius 2 is 1.67 bits per heavy atom. The Balaban J connectivity index is 1.63. The Morgan fingerprint density at radius 3 is 2.21 bits per heavy atom. The maximum Gasteiger partial charge on any atom is 0.253 e. The van der Waals surface area contributed by atoms with Gasteiger partial charge in [-0.15, -0.1) is 0 Å². The lowest BCUT2D eigenvalue weighted by Gasteiger charge is -2.35. The van der Waals surface area contributed by atoms with Gasteiger partial charge in [-0.05, 0) is 23.1 Å². The lowest BCUT2D eigenvalue weighted by Crippen LogP contribution is -2.49. The number of amides is 1. The molecule has 5 heteroatoms. The predicted molar refractivity (Wildman–Crippen MR) is 95.3 cm³/mol. The van der Waals surface area contributed by atoms with Crippen molar-refractivity contribution in [1.82, 2.24) is 14.9 Å². The van der Waals surface area contributed by atoms with Gasteiger partial charge in [0.2, 0.25) is 0 Å². The first kappa shape index (κ1) is 16.4. The summed E-state index contributed by atoms with van der Waals surface area (Å²) in [6.07, 6.45) is 5.14. The van der Waals surface area contributed by atoms with Crippen molar-refractivity contribution in [1.29, 1.82) is 0 Å². The van der Waals surface area contributed by atoms with Crippen LogP contribution in [-0.4, -0.2) is 47.0 Å². The summed E-state index contributed by atoms with van der Waals surface area (Å²) in [4.78, 5) is 25.2. The first-order chi connectivity index (χ1) is 11.4. The maximum atomic E-state index is 12.7. The van der Waals surface area contributed by atoms with Crippen molar-refractivity contribution in [2.45, 2.75) is 26.2 Å². The summed E-state index contributed by atoms with van der Waals surface area (Å²) in [6.45, 7) is 9.50. The number of benzene rings is 1. The molecule has 0 N–H and O–H groups in total. The summed E-state index contributed by atoms with van der Waals surface area (Å²) in [5, 5.41) is 0. The molecule has 1 aromatic carbocycles. The van der Waals surface area contributed by atoms with Gasteiger partial charge in [-0.1, -0.05) is 32.9 Å². The van der Waals surface area contributed by atoms with E-state index >= 15 is 0 Å². The van der Waals surface area contributed by atoms with Crippen molar-refractivity contribution in [2.24, 2.45) is 0 Å². The second-order valence-electron chi connectivity index (χ2n) is 7.17. The summed E-state index contributed by atoms with van der Waals surface area (Å²) in [7, 11) is 0. The highest BCUT2D eigenvalue weighted by atomic mass is 16.2. The molecule has 0 unspecified atom stereocenters. The van der Waals surface area contributed by atoms with Crippen molar-refractivity contribution in [2.75, 3.05) is 31.1 Å². The van der Waals surface area contributed by atoms with E-state index in [0.717, 1.165) is 24.5 Å². The highest BCUT2D eigenvalue weighted by molar-refractivity contribution is 5.94. The molecule has 1 aliphatic rings. The molecule has 0 bridgehead atoms. The van der Waals surface area contributed by atoms with Crippen LogP contribution in [0.25, 0.3) is 0 Å². The van der Waals surface area contributed by atoms with Crippen LogP contribution < -0.4 is 4.90 Å². The molecule has 0 aliphatic carbocycles. The van der Waals surface area contributed by atoms with Crippen molar-refractivity contribution in [3.8, 4) is 0 Å². The van der Waals surface area contributed by atoms with E-state index < -0.39 is 0 Å². The molecule has 1 amide bonds. The van der Waals surface area contributed by atoms with Gasteiger partial charge in [-0.3, -0.25) is 9.78 Å². The van der Waals surface area contributed by atoms with Crippen molar-refractivity contribution in [3.63, 3.8) is 0 Å². The number of carbonyl (C=O) groups is 1. The number of rotatable bonds is 2. The molecule has 0 saturated carbocycles. The Hall–Kier alpha value is -2.43. The van der Waals surface area contributed by atoms with Crippen LogP contribution in [0.1, 0.15) is 36.7 Å². The van der Waals surface area contributed by atoms with Gasteiger partial charge in [0.25, 0.3) is 5.91 Å². The molecule has 1 saturated heterocycles. The van der Waals surface area contributed by atoms with Crippen molar-refractivity contribution in [3.05, 3.63) is 54.0 Å². The molecule has 0 spiro atoms. The van der Waals surface area contributed by atoms with Gasteiger partial charge >= 0.3 is 0 Å². The van der Waals surface area contributed by atoms with Gasteiger partial charge in [0.05, 0.1) is 6.20 Å². The van der Waals surface area contributed by atoms with E-state index in [1.165, 1.54) is 5.56 Å². The SMILES string of the molecule is CC(C)(C)c1ccc(C(=O)N2CCN(c3cnccn3)CC2)cc1. The highest BCUT2D eigenvalue weighted by Crippen LogP contribution is 2.23. The minimum atomic E-state index is 0.101. The van der Waals surface area contributed by atoms with Crippen LogP contribution in [0.5, 0.6) is 0 Å². The first-order valence-electron chi connectivity index (χ1n) is 8.36. The molecular formula is C19H24N4O. The predicted octanol–water partition coefficient (Wildman–Crippen LogP) is 2.74. The molecular weight excluding hydrogens is 300 g/mol. The fraction of sp³-hybridized carbons (Fsp3) is 0.421. The van der Waals surface area contributed by atoms with Crippen LogP contribution in [-0.2, 0) is 5.41 Å². The fourth-order valence-electron chi connectivity index (χ4n) is 2.89. The molecule has 2 heterocycles. The Labute approximate surface area is 143 Å². The number of hydrogen-bond acceptors (Lipinski definition) is 4. The number of piperazine rings is 1. The molecule has 0 radical (unpaired) electrons. The van der Waals surface area contributed by atoms with E-state index in [0.29, 0.717) is 13.1 Å². The monoisotopic (exact) mass is 324 g/mol. The quantitative estimate of drug-likeness (QED) is 0.852. The zero-order chi connectivity index (χ0) is 17.2. The van der Waals surface area contributed by atoms with E-state index in [1.54, 1.807) is 18.6 Å². The molecule has 0 atom stereocenters. The topological polar surface area (TPSA) is 49.3 Å². The highest BCUT2D eigenvalue weighted by Gasteiger charge is 2.23. The molecule has 1 aromatic heterocycles. The standard InChI is InChI=1S/C19H24N4O/c1-19(2,3)16-6-4-15(5-7-16)18(24)23-12-10-22(11-13-23)17-14-20-8-9-21-17/h4-9,14H,10-13H2,1-3H3. The normalized spacial score (nSPS) is 15.5. The largest absolute Gasteiger partial charge is 0.352 e. The maximum absolute atomic E-state index is 12.7.